The summed E-state index contributed by atoms with van der Waals surface area (Å²) in [5.74, 6) is -2.36. The molecular formula is C22H16F6N4O4S. The number of benzene rings is 2. The number of aromatic nitrogens is 2. The monoisotopic (exact) mass is 546 g/mol. The first kappa shape index (κ1) is 27.6. The van der Waals surface area contributed by atoms with E-state index in [1.165, 1.54) is 30.4 Å². The van der Waals surface area contributed by atoms with E-state index in [0.29, 0.717) is 11.6 Å². The fraction of sp³-hybridized carbons (Fsp3) is 0.182. The van der Waals surface area contributed by atoms with Crippen LogP contribution in [-0.2, 0) is 22.2 Å². The number of halogens is 6. The number of carbonyl (C=O) groups is 2. The molecular weight excluding hydrogens is 530 g/mol. The number of nitrogens with one attached hydrogen (secondary N) is 2. The third-order valence-corrected chi connectivity index (χ3v) is 6.62. The second-order valence-electron chi connectivity index (χ2n) is 7.35. The van der Waals surface area contributed by atoms with E-state index < -0.39 is 50.8 Å². The molecule has 0 spiro atoms. The Kier molecular flexibility index (Phi) is 7.57. The van der Waals surface area contributed by atoms with Gasteiger partial charge in [-0.1, -0.05) is 25.1 Å². The summed E-state index contributed by atoms with van der Waals surface area (Å²) in [7, 11) is -3.50. The number of alkyl halides is 6. The molecule has 0 unspecified atom stereocenters. The van der Waals surface area contributed by atoms with Crippen molar-refractivity contribution >= 4 is 27.6 Å². The lowest BCUT2D eigenvalue weighted by atomic mass is 9.99. The van der Waals surface area contributed by atoms with E-state index in [4.69, 9.17) is 0 Å². The Morgan fingerprint density at radius 1 is 0.892 bits per heavy atom. The zero-order chi connectivity index (χ0) is 27.6. The van der Waals surface area contributed by atoms with Crippen LogP contribution in [0.15, 0.2) is 59.8 Å². The van der Waals surface area contributed by atoms with Crippen LogP contribution in [0.2, 0.25) is 0 Å². The number of rotatable bonds is 5. The summed E-state index contributed by atoms with van der Waals surface area (Å²) >= 11 is 0. The van der Waals surface area contributed by atoms with Crippen LogP contribution in [0.4, 0.5) is 37.0 Å². The summed E-state index contributed by atoms with van der Waals surface area (Å²) in [5, 5.41) is 3.40. The number of hydrogen-bond acceptors (Lipinski definition) is 6. The summed E-state index contributed by atoms with van der Waals surface area (Å²) in [5.41, 5.74) is -4.94. The molecule has 0 saturated carbocycles. The van der Waals surface area contributed by atoms with Gasteiger partial charge in [0.1, 0.15) is 0 Å². The third kappa shape index (κ3) is 6.41. The van der Waals surface area contributed by atoms with Gasteiger partial charge in [-0.05, 0) is 24.3 Å². The zero-order valence-corrected chi connectivity index (χ0v) is 19.4. The average molecular weight is 546 g/mol. The van der Waals surface area contributed by atoms with Crippen molar-refractivity contribution in [2.45, 2.75) is 24.2 Å². The normalized spacial score (nSPS) is 12.2. The Hall–Kier alpha value is -4.01. The van der Waals surface area contributed by atoms with Crippen molar-refractivity contribution in [1.29, 1.82) is 0 Å². The maximum absolute atomic E-state index is 13.2. The number of carbonyl (C=O) groups excluding carboxylic acids is 2. The highest BCUT2D eigenvalue weighted by Crippen LogP contribution is 2.39. The van der Waals surface area contributed by atoms with Gasteiger partial charge in [-0.25, -0.2) is 18.2 Å². The standard InChI is InChI=1S/C22H16F6N4O4S/c1-2-37(35,36)13-6-3-5-12(9-13)16-10-30-17(11-29-16)31-20(34)32-19(33)18-14(21(23,24)25)7-4-8-15(18)22(26,27)28/h3-11H,2H2,1H3,(H2,30,31,32,33,34). The molecule has 15 heteroatoms. The van der Waals surface area contributed by atoms with Crippen LogP contribution < -0.4 is 10.6 Å². The molecule has 8 nitrogen and oxygen atoms in total. The summed E-state index contributed by atoms with van der Waals surface area (Å²) in [6.07, 6.45) is -8.49. The van der Waals surface area contributed by atoms with Gasteiger partial charge >= 0.3 is 18.4 Å². The minimum atomic E-state index is -5.31. The predicted molar refractivity (Wildman–Crippen MR) is 118 cm³/mol. The van der Waals surface area contributed by atoms with Gasteiger partial charge in [0.2, 0.25) is 0 Å². The summed E-state index contributed by atoms with van der Waals surface area (Å²) in [6.45, 7) is 1.48. The van der Waals surface area contributed by atoms with Crippen molar-refractivity contribution in [3.8, 4) is 11.3 Å². The molecule has 0 aliphatic carbocycles. The summed E-state index contributed by atoms with van der Waals surface area (Å²) in [4.78, 5) is 32.3. The lowest BCUT2D eigenvalue weighted by Gasteiger charge is -2.18. The molecule has 0 atom stereocenters. The number of anilines is 1. The van der Waals surface area contributed by atoms with Gasteiger partial charge in [0.15, 0.2) is 15.7 Å². The van der Waals surface area contributed by atoms with Gasteiger partial charge < -0.3 is 0 Å². The molecule has 0 bridgehead atoms. The fourth-order valence-corrected chi connectivity index (χ4v) is 4.07. The van der Waals surface area contributed by atoms with Gasteiger partial charge in [0.05, 0.1) is 45.4 Å². The molecule has 0 fully saturated rings. The molecule has 0 radical (unpaired) electrons. The number of sulfone groups is 1. The maximum atomic E-state index is 13.2. The summed E-state index contributed by atoms with van der Waals surface area (Å²) < 4.78 is 104. The van der Waals surface area contributed by atoms with E-state index in [9.17, 15) is 44.3 Å². The second-order valence-corrected chi connectivity index (χ2v) is 9.63. The van der Waals surface area contributed by atoms with Gasteiger partial charge in [-0.2, -0.15) is 26.3 Å². The minimum Gasteiger partial charge on any atom is -0.291 e. The first-order valence-electron chi connectivity index (χ1n) is 10.2. The highest BCUT2D eigenvalue weighted by molar-refractivity contribution is 7.91. The molecule has 3 amide bonds. The average Bonchev–Trinajstić information content (AvgIpc) is 2.83. The highest BCUT2D eigenvalue weighted by atomic mass is 32.2. The van der Waals surface area contributed by atoms with Crippen molar-refractivity contribution in [3.63, 3.8) is 0 Å². The van der Waals surface area contributed by atoms with Crippen LogP contribution in [-0.4, -0.2) is 36.1 Å². The Morgan fingerprint density at radius 2 is 1.49 bits per heavy atom. The van der Waals surface area contributed by atoms with Crippen LogP contribution in [0.1, 0.15) is 28.4 Å². The molecule has 0 saturated heterocycles. The van der Waals surface area contributed by atoms with Crippen LogP contribution >= 0.6 is 0 Å². The van der Waals surface area contributed by atoms with Crippen molar-refractivity contribution in [1.82, 2.24) is 15.3 Å². The third-order valence-electron chi connectivity index (χ3n) is 4.89. The van der Waals surface area contributed by atoms with Gasteiger partial charge in [-0.15, -0.1) is 0 Å². The first-order valence-corrected chi connectivity index (χ1v) is 11.8. The molecule has 3 aromatic rings. The Morgan fingerprint density at radius 3 is 2.00 bits per heavy atom. The molecule has 1 aromatic heterocycles. The lowest BCUT2D eigenvalue weighted by Crippen LogP contribution is -2.37. The number of amides is 3. The number of nitrogens with zero attached hydrogens (tertiary/aromatic N) is 2. The number of urea groups is 1. The van der Waals surface area contributed by atoms with Crippen molar-refractivity contribution in [2.24, 2.45) is 0 Å². The highest BCUT2D eigenvalue weighted by Gasteiger charge is 2.43. The van der Waals surface area contributed by atoms with Crippen LogP contribution in [0.25, 0.3) is 11.3 Å². The van der Waals surface area contributed by atoms with Gasteiger partial charge in [-0.3, -0.25) is 20.4 Å². The van der Waals surface area contributed by atoms with E-state index in [1.54, 1.807) is 6.07 Å². The SMILES string of the molecule is CCS(=O)(=O)c1cccc(-c2cnc(NC(=O)NC(=O)c3c(C(F)(F)F)cccc3C(F)(F)F)cn2)c1. The second kappa shape index (κ2) is 10.2. The quantitative estimate of drug-likeness (QED) is 0.438. The first-order chi connectivity index (χ1) is 17.1. The number of hydrogen-bond donors (Lipinski definition) is 2. The van der Waals surface area contributed by atoms with Crippen molar-refractivity contribution < 1.29 is 44.3 Å². The molecule has 37 heavy (non-hydrogen) atoms. The molecule has 3 rings (SSSR count). The topological polar surface area (TPSA) is 118 Å². The van der Waals surface area contributed by atoms with Crippen LogP contribution in [0.5, 0.6) is 0 Å². The van der Waals surface area contributed by atoms with E-state index in [2.05, 4.69) is 9.97 Å². The van der Waals surface area contributed by atoms with E-state index >= 15 is 0 Å². The summed E-state index contributed by atoms with van der Waals surface area (Å²) in [6, 6.07) is 5.39. The molecule has 0 aliphatic heterocycles. The molecule has 0 aliphatic rings. The predicted octanol–water partition coefficient (Wildman–Crippen LogP) is 4.94. The smallest absolute Gasteiger partial charge is 0.291 e. The van der Waals surface area contributed by atoms with Gasteiger partial charge in [0, 0.05) is 5.56 Å². The van der Waals surface area contributed by atoms with Crippen LogP contribution in [0.3, 0.4) is 0 Å². The minimum absolute atomic E-state index is 0.0479. The largest absolute Gasteiger partial charge is 0.417 e. The lowest BCUT2D eigenvalue weighted by molar-refractivity contribution is -0.143. The zero-order valence-electron chi connectivity index (χ0n) is 18.6. The molecule has 2 N–H and O–H groups in total. The van der Waals surface area contributed by atoms with E-state index in [0.717, 1.165) is 12.4 Å². The van der Waals surface area contributed by atoms with Gasteiger partial charge in [0.25, 0.3) is 5.91 Å². The Balaban J connectivity index is 1.80. The fourth-order valence-electron chi connectivity index (χ4n) is 3.14. The van der Waals surface area contributed by atoms with E-state index in [1.807, 2.05) is 5.32 Å². The Bertz CT molecular complexity index is 1410. The van der Waals surface area contributed by atoms with Crippen molar-refractivity contribution in [3.05, 3.63) is 71.5 Å². The Labute approximate surface area is 205 Å². The van der Waals surface area contributed by atoms with Crippen molar-refractivity contribution in [2.75, 3.05) is 11.1 Å². The molecule has 1 heterocycles. The maximum Gasteiger partial charge on any atom is 0.417 e. The molecule has 196 valence electrons. The molecule has 2 aromatic carbocycles. The van der Waals surface area contributed by atoms with E-state index in [-0.39, 0.29) is 34.3 Å². The van der Waals surface area contributed by atoms with Crippen LogP contribution in [0, 0.1) is 0 Å². The number of imide groups is 1.